The predicted molar refractivity (Wildman–Crippen MR) is 82.3 cm³/mol. The lowest BCUT2D eigenvalue weighted by Crippen LogP contribution is -2.07. The minimum absolute atomic E-state index is 0.431. The lowest BCUT2D eigenvalue weighted by atomic mass is 10.0. The first-order valence-electron chi connectivity index (χ1n) is 6.97. The zero-order chi connectivity index (χ0) is 14.5. The maximum absolute atomic E-state index is 6.16. The molecule has 0 atom stereocenters. The molecular weight excluding hydrogens is 248 g/mol. The van der Waals surface area contributed by atoms with E-state index in [1.165, 1.54) is 11.1 Å². The van der Waals surface area contributed by atoms with Gasteiger partial charge in [0, 0.05) is 24.5 Å². The molecule has 2 aromatic rings. The molecule has 1 N–H and O–H groups in total. The van der Waals surface area contributed by atoms with Crippen LogP contribution in [-0.2, 0) is 6.54 Å². The molecule has 0 saturated heterocycles. The largest absolute Gasteiger partial charge is 0.457 e. The Kier molecular flexibility index (Phi) is 4.74. The summed E-state index contributed by atoms with van der Waals surface area (Å²) < 4.78 is 6.16. The average Bonchev–Trinajstić information content (AvgIpc) is 2.41. The Hall–Kier alpha value is -1.87. The molecule has 0 aliphatic rings. The van der Waals surface area contributed by atoms with Gasteiger partial charge in [-0.1, -0.05) is 26.0 Å². The molecule has 3 nitrogen and oxygen atoms in total. The molecule has 0 bridgehead atoms. The highest BCUT2D eigenvalue weighted by Gasteiger charge is 2.11. The van der Waals surface area contributed by atoms with E-state index in [-0.39, 0.29) is 0 Å². The van der Waals surface area contributed by atoms with Gasteiger partial charge >= 0.3 is 0 Å². The van der Waals surface area contributed by atoms with Gasteiger partial charge in [0.05, 0.1) is 0 Å². The van der Waals surface area contributed by atoms with Gasteiger partial charge in [0.25, 0.3) is 0 Å². The second-order valence-corrected chi connectivity index (χ2v) is 5.31. The van der Waals surface area contributed by atoms with Crippen LogP contribution in [0.5, 0.6) is 11.5 Å². The summed E-state index contributed by atoms with van der Waals surface area (Å²) in [5.41, 5.74) is 3.49. The number of ether oxygens (including phenoxy) is 1. The Morgan fingerprint density at radius 2 is 2.00 bits per heavy atom. The van der Waals surface area contributed by atoms with Crippen LogP contribution < -0.4 is 10.1 Å². The fourth-order valence-corrected chi connectivity index (χ4v) is 2.16. The van der Waals surface area contributed by atoms with E-state index in [9.17, 15) is 0 Å². The van der Waals surface area contributed by atoms with Crippen molar-refractivity contribution in [3.8, 4) is 11.5 Å². The smallest absolute Gasteiger partial charge is 0.135 e. The third kappa shape index (κ3) is 3.36. The first kappa shape index (κ1) is 14.5. The van der Waals surface area contributed by atoms with E-state index in [0.29, 0.717) is 5.92 Å². The lowest BCUT2D eigenvalue weighted by Gasteiger charge is -2.16. The number of benzene rings is 1. The highest BCUT2D eigenvalue weighted by Crippen LogP contribution is 2.32. The number of aromatic nitrogens is 1. The van der Waals surface area contributed by atoms with E-state index in [2.05, 4.69) is 49.3 Å². The summed E-state index contributed by atoms with van der Waals surface area (Å²) in [4.78, 5) is 4.16. The quantitative estimate of drug-likeness (QED) is 0.891. The number of aryl methyl sites for hydroxylation is 1. The molecule has 0 aliphatic carbocycles. The van der Waals surface area contributed by atoms with Crippen LogP contribution in [0.2, 0.25) is 0 Å². The Labute approximate surface area is 121 Å². The van der Waals surface area contributed by atoms with Crippen LogP contribution in [0.3, 0.4) is 0 Å². The van der Waals surface area contributed by atoms with Gasteiger partial charge in [-0.25, -0.2) is 0 Å². The monoisotopic (exact) mass is 270 g/mol. The van der Waals surface area contributed by atoms with Crippen LogP contribution in [0.15, 0.2) is 36.7 Å². The van der Waals surface area contributed by atoms with Crippen molar-refractivity contribution < 1.29 is 4.74 Å². The van der Waals surface area contributed by atoms with Crippen LogP contribution >= 0.6 is 0 Å². The molecule has 0 aliphatic heterocycles. The van der Waals surface area contributed by atoms with Crippen molar-refractivity contribution in [2.75, 3.05) is 7.05 Å². The van der Waals surface area contributed by atoms with Gasteiger partial charge in [0.15, 0.2) is 0 Å². The predicted octanol–water partition coefficient (Wildman–Crippen LogP) is 4.03. The topological polar surface area (TPSA) is 34.2 Å². The Balaban J connectivity index is 2.37. The van der Waals surface area contributed by atoms with Crippen molar-refractivity contribution in [2.45, 2.75) is 33.2 Å². The van der Waals surface area contributed by atoms with Crippen LogP contribution in [-0.4, -0.2) is 12.0 Å². The van der Waals surface area contributed by atoms with Gasteiger partial charge in [-0.15, -0.1) is 0 Å². The van der Waals surface area contributed by atoms with Gasteiger partial charge in [0.1, 0.15) is 11.5 Å². The minimum atomic E-state index is 0.431. The molecule has 0 unspecified atom stereocenters. The van der Waals surface area contributed by atoms with Crippen molar-refractivity contribution >= 4 is 0 Å². The summed E-state index contributed by atoms with van der Waals surface area (Å²) >= 11 is 0. The molecule has 0 spiro atoms. The first-order chi connectivity index (χ1) is 9.61. The summed E-state index contributed by atoms with van der Waals surface area (Å²) in [6.07, 6.45) is 3.61. The van der Waals surface area contributed by atoms with Crippen molar-refractivity contribution in [1.82, 2.24) is 10.3 Å². The van der Waals surface area contributed by atoms with Gasteiger partial charge < -0.3 is 10.1 Å². The molecule has 0 amide bonds. The normalized spacial score (nSPS) is 10.8. The SMILES string of the molecule is CNCc1cnccc1Oc1cc(C)ccc1C(C)C. The van der Waals surface area contributed by atoms with Crippen LogP contribution in [0, 0.1) is 6.92 Å². The van der Waals surface area contributed by atoms with E-state index in [4.69, 9.17) is 4.74 Å². The molecule has 3 heteroatoms. The van der Waals surface area contributed by atoms with Crippen LogP contribution in [0.1, 0.15) is 36.5 Å². The van der Waals surface area contributed by atoms with E-state index >= 15 is 0 Å². The summed E-state index contributed by atoms with van der Waals surface area (Å²) in [5, 5.41) is 3.14. The summed E-state index contributed by atoms with van der Waals surface area (Å²) in [5.74, 6) is 2.23. The molecule has 0 saturated carbocycles. The van der Waals surface area contributed by atoms with Crippen molar-refractivity contribution in [2.24, 2.45) is 0 Å². The van der Waals surface area contributed by atoms with Gasteiger partial charge in [-0.3, -0.25) is 4.98 Å². The fraction of sp³-hybridized carbons (Fsp3) is 0.353. The molecule has 1 aromatic heterocycles. The number of hydrogen-bond donors (Lipinski definition) is 1. The Morgan fingerprint density at radius 3 is 2.70 bits per heavy atom. The standard InChI is InChI=1S/C17H22N2O/c1-12(2)15-6-5-13(3)9-17(15)20-16-7-8-19-11-14(16)10-18-4/h5-9,11-12,18H,10H2,1-4H3. The molecule has 1 heterocycles. The number of nitrogens with zero attached hydrogens (tertiary/aromatic N) is 1. The summed E-state index contributed by atoms with van der Waals surface area (Å²) in [6, 6.07) is 8.29. The maximum Gasteiger partial charge on any atom is 0.135 e. The highest BCUT2D eigenvalue weighted by atomic mass is 16.5. The number of pyridine rings is 1. The summed E-state index contributed by atoms with van der Waals surface area (Å²) in [6.45, 7) is 7.18. The zero-order valence-corrected chi connectivity index (χ0v) is 12.6. The number of rotatable bonds is 5. The molecule has 106 valence electrons. The number of nitrogens with one attached hydrogen (secondary N) is 1. The zero-order valence-electron chi connectivity index (χ0n) is 12.6. The third-order valence-electron chi connectivity index (χ3n) is 3.24. The van der Waals surface area contributed by atoms with Crippen LogP contribution in [0.25, 0.3) is 0 Å². The second-order valence-electron chi connectivity index (χ2n) is 5.31. The molecule has 1 aromatic carbocycles. The molecule has 20 heavy (non-hydrogen) atoms. The fourth-order valence-electron chi connectivity index (χ4n) is 2.16. The van der Waals surface area contributed by atoms with Gasteiger partial charge in [0.2, 0.25) is 0 Å². The molecule has 0 radical (unpaired) electrons. The molecule has 0 fully saturated rings. The van der Waals surface area contributed by atoms with Gasteiger partial charge in [-0.05, 0) is 43.1 Å². The summed E-state index contributed by atoms with van der Waals surface area (Å²) in [7, 11) is 1.92. The van der Waals surface area contributed by atoms with E-state index in [1.807, 2.05) is 19.3 Å². The van der Waals surface area contributed by atoms with E-state index in [0.717, 1.165) is 23.6 Å². The lowest BCUT2D eigenvalue weighted by molar-refractivity contribution is 0.464. The first-order valence-corrected chi connectivity index (χ1v) is 6.97. The van der Waals surface area contributed by atoms with Crippen molar-refractivity contribution in [3.05, 3.63) is 53.3 Å². The second kappa shape index (κ2) is 6.53. The van der Waals surface area contributed by atoms with E-state index < -0.39 is 0 Å². The van der Waals surface area contributed by atoms with Gasteiger partial charge in [-0.2, -0.15) is 0 Å². The average molecular weight is 270 g/mol. The Bertz CT molecular complexity index is 579. The Morgan fingerprint density at radius 1 is 1.20 bits per heavy atom. The molecular formula is C17H22N2O. The molecule has 2 rings (SSSR count). The minimum Gasteiger partial charge on any atom is -0.457 e. The van der Waals surface area contributed by atoms with Crippen molar-refractivity contribution in [3.63, 3.8) is 0 Å². The van der Waals surface area contributed by atoms with Crippen molar-refractivity contribution in [1.29, 1.82) is 0 Å². The highest BCUT2D eigenvalue weighted by molar-refractivity contribution is 5.43. The van der Waals surface area contributed by atoms with E-state index in [1.54, 1.807) is 6.20 Å². The van der Waals surface area contributed by atoms with Crippen LogP contribution in [0.4, 0.5) is 0 Å². The third-order valence-corrected chi connectivity index (χ3v) is 3.24. The number of hydrogen-bond acceptors (Lipinski definition) is 3. The maximum atomic E-state index is 6.16.